The number of aryl methyl sites for hydroxylation is 1. The van der Waals surface area contributed by atoms with Crippen molar-refractivity contribution in [1.82, 2.24) is 5.32 Å². The molecule has 2 aromatic rings. The Hall–Kier alpha value is -1.89. The molecule has 1 unspecified atom stereocenters. The number of carbonyl (C=O) groups excluding carboxylic acids is 2. The zero-order valence-electron chi connectivity index (χ0n) is 11.8. The number of nitrogens with one attached hydrogen (secondary N) is 2. The van der Waals surface area contributed by atoms with Gasteiger partial charge in [0.05, 0.1) is 10.7 Å². The largest absolute Gasteiger partial charge is 0.386 e. The number of benzene rings is 1. The van der Waals surface area contributed by atoms with Crippen LogP contribution in [0.4, 0.5) is 5.69 Å². The van der Waals surface area contributed by atoms with Gasteiger partial charge in [-0.05, 0) is 36.1 Å². The molecule has 1 heterocycles. The number of carbonyl (C=O) groups is 2. The molecule has 2 rings (SSSR count). The molecule has 0 bridgehead atoms. The Morgan fingerprint density at radius 1 is 1.27 bits per heavy atom. The first-order valence-corrected chi connectivity index (χ1v) is 7.80. The molecule has 2 amide bonds. The van der Waals surface area contributed by atoms with Crippen molar-refractivity contribution < 1.29 is 14.7 Å². The standard InChI is InChI=1S/C15H15ClN2O3S/c1-9-6-7-22-13(9)12(19)8-17-14(20)15(21)18-11-5-3-2-4-10(11)16/h2-7,12,19H,8H2,1H3,(H,17,20)(H,18,21). The maximum Gasteiger partial charge on any atom is 0.313 e. The van der Waals surface area contributed by atoms with E-state index in [0.717, 1.165) is 10.4 Å². The summed E-state index contributed by atoms with van der Waals surface area (Å²) in [5, 5.41) is 17.0. The first-order valence-electron chi connectivity index (χ1n) is 6.55. The maximum atomic E-state index is 11.8. The average molecular weight is 339 g/mol. The van der Waals surface area contributed by atoms with Crippen molar-refractivity contribution in [3.63, 3.8) is 0 Å². The lowest BCUT2D eigenvalue weighted by molar-refractivity contribution is -0.136. The van der Waals surface area contributed by atoms with E-state index in [1.807, 2.05) is 18.4 Å². The summed E-state index contributed by atoms with van der Waals surface area (Å²) in [4.78, 5) is 24.3. The van der Waals surface area contributed by atoms with E-state index in [4.69, 9.17) is 11.6 Å². The Morgan fingerprint density at radius 3 is 2.64 bits per heavy atom. The third-order valence-electron chi connectivity index (χ3n) is 2.99. The number of aliphatic hydroxyl groups excluding tert-OH is 1. The van der Waals surface area contributed by atoms with Gasteiger partial charge in [-0.15, -0.1) is 11.3 Å². The van der Waals surface area contributed by atoms with Gasteiger partial charge in [0.2, 0.25) is 0 Å². The van der Waals surface area contributed by atoms with Gasteiger partial charge in [0.15, 0.2) is 0 Å². The minimum absolute atomic E-state index is 0.0316. The van der Waals surface area contributed by atoms with Crippen LogP contribution in [-0.2, 0) is 9.59 Å². The van der Waals surface area contributed by atoms with Crippen LogP contribution in [0.25, 0.3) is 0 Å². The highest BCUT2D eigenvalue weighted by molar-refractivity contribution is 7.10. The van der Waals surface area contributed by atoms with Crippen molar-refractivity contribution in [2.45, 2.75) is 13.0 Å². The topological polar surface area (TPSA) is 78.4 Å². The van der Waals surface area contributed by atoms with E-state index in [9.17, 15) is 14.7 Å². The van der Waals surface area contributed by atoms with Crippen LogP contribution in [0.2, 0.25) is 5.02 Å². The van der Waals surface area contributed by atoms with Gasteiger partial charge in [-0.1, -0.05) is 23.7 Å². The summed E-state index contributed by atoms with van der Waals surface area (Å²) in [5.41, 5.74) is 1.31. The highest BCUT2D eigenvalue weighted by Crippen LogP contribution is 2.23. The molecule has 1 atom stereocenters. The first kappa shape index (κ1) is 16.5. The van der Waals surface area contributed by atoms with E-state index in [2.05, 4.69) is 10.6 Å². The summed E-state index contributed by atoms with van der Waals surface area (Å²) in [6.07, 6.45) is -0.836. The van der Waals surface area contributed by atoms with Gasteiger partial charge < -0.3 is 15.7 Å². The van der Waals surface area contributed by atoms with E-state index in [0.29, 0.717) is 10.7 Å². The first-order chi connectivity index (χ1) is 10.5. The van der Waals surface area contributed by atoms with Gasteiger partial charge in [0, 0.05) is 11.4 Å². The molecular formula is C15H15ClN2O3S. The molecule has 116 valence electrons. The van der Waals surface area contributed by atoms with Crippen LogP contribution < -0.4 is 10.6 Å². The fraction of sp³-hybridized carbons (Fsp3) is 0.200. The minimum Gasteiger partial charge on any atom is -0.386 e. The maximum absolute atomic E-state index is 11.8. The van der Waals surface area contributed by atoms with Crippen molar-refractivity contribution in [2.75, 3.05) is 11.9 Å². The molecule has 0 aliphatic carbocycles. The normalized spacial score (nSPS) is 11.8. The number of thiophene rings is 1. The molecule has 22 heavy (non-hydrogen) atoms. The Balaban J connectivity index is 1.88. The van der Waals surface area contributed by atoms with Crippen molar-refractivity contribution in [3.05, 3.63) is 51.2 Å². The number of rotatable bonds is 4. The quantitative estimate of drug-likeness (QED) is 0.749. The molecule has 0 radical (unpaired) electrons. The van der Waals surface area contributed by atoms with E-state index < -0.39 is 17.9 Å². The zero-order chi connectivity index (χ0) is 16.1. The summed E-state index contributed by atoms with van der Waals surface area (Å²) in [6.45, 7) is 1.84. The third-order valence-corrected chi connectivity index (χ3v) is 4.44. The van der Waals surface area contributed by atoms with E-state index >= 15 is 0 Å². The highest BCUT2D eigenvalue weighted by atomic mass is 35.5. The molecule has 3 N–H and O–H groups in total. The molecule has 0 saturated carbocycles. The molecule has 1 aromatic heterocycles. The molecule has 0 saturated heterocycles. The van der Waals surface area contributed by atoms with Gasteiger partial charge in [-0.25, -0.2) is 0 Å². The molecule has 7 heteroatoms. The zero-order valence-corrected chi connectivity index (χ0v) is 13.4. The predicted octanol–water partition coefficient (Wildman–Crippen LogP) is 2.50. The van der Waals surface area contributed by atoms with Gasteiger partial charge in [0.25, 0.3) is 0 Å². The summed E-state index contributed by atoms with van der Waals surface area (Å²) < 4.78 is 0. The highest BCUT2D eigenvalue weighted by Gasteiger charge is 2.18. The Kier molecular flexibility index (Phi) is 5.54. The van der Waals surface area contributed by atoms with Gasteiger partial charge in [-0.3, -0.25) is 9.59 Å². The predicted molar refractivity (Wildman–Crippen MR) is 87.1 cm³/mol. The number of halogens is 1. The second-order valence-electron chi connectivity index (χ2n) is 4.63. The van der Waals surface area contributed by atoms with Gasteiger partial charge >= 0.3 is 11.8 Å². The summed E-state index contributed by atoms with van der Waals surface area (Å²) in [5.74, 6) is -1.66. The monoisotopic (exact) mass is 338 g/mol. The van der Waals surface area contributed by atoms with Crippen molar-refractivity contribution in [2.24, 2.45) is 0 Å². The minimum atomic E-state index is -0.836. The van der Waals surface area contributed by atoms with Crippen LogP contribution in [0, 0.1) is 6.92 Å². The Labute approximate surface area is 136 Å². The van der Waals surface area contributed by atoms with E-state index in [1.165, 1.54) is 11.3 Å². The third kappa shape index (κ3) is 4.07. The second-order valence-corrected chi connectivity index (χ2v) is 5.98. The van der Waals surface area contributed by atoms with Gasteiger partial charge in [0.1, 0.15) is 6.10 Å². The van der Waals surface area contributed by atoms with Crippen LogP contribution in [-0.4, -0.2) is 23.5 Å². The summed E-state index contributed by atoms with van der Waals surface area (Å²) in [6, 6.07) is 8.51. The van der Waals surface area contributed by atoms with Gasteiger partial charge in [-0.2, -0.15) is 0 Å². The van der Waals surface area contributed by atoms with Crippen molar-refractivity contribution in [1.29, 1.82) is 0 Å². The lowest BCUT2D eigenvalue weighted by atomic mass is 10.2. The number of hydrogen-bond donors (Lipinski definition) is 3. The number of anilines is 1. The second kappa shape index (κ2) is 7.40. The Bertz CT molecular complexity index is 687. The smallest absolute Gasteiger partial charge is 0.313 e. The summed E-state index contributed by atoms with van der Waals surface area (Å²) >= 11 is 7.30. The van der Waals surface area contributed by atoms with Crippen LogP contribution in [0.5, 0.6) is 0 Å². The number of amides is 2. The molecule has 5 nitrogen and oxygen atoms in total. The molecule has 0 aliphatic heterocycles. The molecule has 0 spiro atoms. The Morgan fingerprint density at radius 2 is 2.00 bits per heavy atom. The fourth-order valence-corrected chi connectivity index (χ4v) is 2.93. The lowest BCUT2D eigenvalue weighted by Gasteiger charge is -2.12. The molecule has 0 fully saturated rings. The molecule has 1 aromatic carbocycles. The fourth-order valence-electron chi connectivity index (χ4n) is 1.83. The van der Waals surface area contributed by atoms with Crippen LogP contribution in [0.1, 0.15) is 16.5 Å². The van der Waals surface area contributed by atoms with Crippen molar-refractivity contribution >= 4 is 40.4 Å². The molecule has 0 aliphatic rings. The number of aliphatic hydroxyl groups is 1. The average Bonchev–Trinajstić information content (AvgIpc) is 2.93. The molecular weight excluding hydrogens is 324 g/mol. The van der Waals surface area contributed by atoms with Crippen LogP contribution >= 0.6 is 22.9 Å². The summed E-state index contributed by atoms with van der Waals surface area (Å²) in [7, 11) is 0. The SMILES string of the molecule is Cc1ccsc1C(O)CNC(=O)C(=O)Nc1ccccc1Cl. The number of hydrogen-bond acceptors (Lipinski definition) is 4. The van der Waals surface area contributed by atoms with E-state index in [1.54, 1.807) is 24.3 Å². The van der Waals surface area contributed by atoms with Crippen LogP contribution in [0.3, 0.4) is 0 Å². The number of para-hydroxylation sites is 1. The van der Waals surface area contributed by atoms with E-state index in [-0.39, 0.29) is 6.54 Å². The van der Waals surface area contributed by atoms with Crippen molar-refractivity contribution in [3.8, 4) is 0 Å². The van der Waals surface area contributed by atoms with Crippen LogP contribution in [0.15, 0.2) is 35.7 Å². The lowest BCUT2D eigenvalue weighted by Crippen LogP contribution is -2.37.